The summed E-state index contributed by atoms with van der Waals surface area (Å²) in [5.41, 5.74) is 12.2. The van der Waals surface area contributed by atoms with Gasteiger partial charge in [-0.25, -0.2) is 9.37 Å². The fourth-order valence-electron chi connectivity index (χ4n) is 7.69. The van der Waals surface area contributed by atoms with Crippen LogP contribution >= 0.6 is 0 Å². The number of halogens is 1. The lowest BCUT2D eigenvalue weighted by molar-refractivity contribution is -0.0870. The summed E-state index contributed by atoms with van der Waals surface area (Å²) in [5.74, 6) is 1.10. The Labute approximate surface area is 224 Å². The monoisotopic (exact) mass is 522 g/mol. The summed E-state index contributed by atoms with van der Waals surface area (Å²) in [6, 6.07) is 8.34. The van der Waals surface area contributed by atoms with Crippen molar-refractivity contribution in [3.63, 3.8) is 0 Å². The van der Waals surface area contributed by atoms with Gasteiger partial charge in [0.1, 0.15) is 19.5 Å². The summed E-state index contributed by atoms with van der Waals surface area (Å²) >= 11 is 0. The van der Waals surface area contributed by atoms with Gasteiger partial charge in [-0.3, -0.25) is 4.90 Å². The second kappa shape index (κ2) is 9.35. The van der Waals surface area contributed by atoms with Crippen LogP contribution < -0.4 is 15.4 Å². The number of benzene rings is 1. The normalized spacial score (nSPS) is 32.7. The predicted molar refractivity (Wildman–Crippen MR) is 144 cm³/mol. The average Bonchev–Trinajstić information content (AvgIpc) is 3.45. The molecule has 8 heteroatoms. The Morgan fingerprint density at radius 2 is 2.13 bits per heavy atom. The molecule has 3 fully saturated rings. The van der Waals surface area contributed by atoms with Crippen molar-refractivity contribution in [2.45, 2.75) is 81.7 Å². The molecule has 0 amide bonds. The Balaban J connectivity index is 1.24. The topological polar surface area (TPSA) is 73.1 Å². The maximum Gasteiger partial charge on any atom is 0.215 e. The fraction of sp³-hybridized carbons (Fsp3) is 0.633. The van der Waals surface area contributed by atoms with Gasteiger partial charge in [-0.15, -0.1) is 0 Å². The van der Waals surface area contributed by atoms with Gasteiger partial charge in [-0.1, -0.05) is 13.0 Å². The number of hydrogen-bond donors (Lipinski definition) is 1. The van der Waals surface area contributed by atoms with Crippen molar-refractivity contribution in [3.05, 3.63) is 46.6 Å². The van der Waals surface area contributed by atoms with Gasteiger partial charge in [0.05, 0.1) is 35.7 Å². The van der Waals surface area contributed by atoms with Crippen molar-refractivity contribution >= 4 is 11.4 Å². The van der Waals surface area contributed by atoms with E-state index < -0.39 is 11.8 Å². The quantitative estimate of drug-likeness (QED) is 0.585. The number of hydrogen-bond acceptors (Lipinski definition) is 7. The highest BCUT2D eigenvalue weighted by atomic mass is 19.1. The number of alkyl halides is 1. The number of nitrogens with zero attached hydrogens (tertiary/aromatic N) is 3. The third kappa shape index (κ3) is 4.07. The van der Waals surface area contributed by atoms with E-state index in [1.807, 2.05) is 6.07 Å². The van der Waals surface area contributed by atoms with Gasteiger partial charge < -0.3 is 24.8 Å². The van der Waals surface area contributed by atoms with E-state index in [-0.39, 0.29) is 5.54 Å². The number of nitrogen functional groups attached to an aromatic ring is 1. The largest absolute Gasteiger partial charge is 0.476 e. The number of nitrogens with two attached hydrogens (primary N) is 1. The maximum atomic E-state index is 14.4. The zero-order valence-corrected chi connectivity index (χ0v) is 22.4. The zero-order valence-electron chi connectivity index (χ0n) is 22.4. The highest BCUT2D eigenvalue weighted by Crippen LogP contribution is 2.50. The second-order valence-electron chi connectivity index (χ2n) is 12.2. The number of fused-ring (bicyclic) bond motifs is 4. The van der Waals surface area contributed by atoms with Crippen molar-refractivity contribution in [2.24, 2.45) is 0 Å². The predicted octanol–water partition coefficient (Wildman–Crippen LogP) is 4.67. The molecule has 0 saturated carbocycles. The van der Waals surface area contributed by atoms with Crippen molar-refractivity contribution in [1.82, 2.24) is 9.88 Å². The van der Waals surface area contributed by atoms with E-state index in [1.54, 1.807) is 0 Å². The molecule has 1 spiro atoms. The first-order chi connectivity index (χ1) is 18.4. The molecule has 4 unspecified atom stereocenters. The van der Waals surface area contributed by atoms with E-state index >= 15 is 0 Å². The average molecular weight is 523 g/mol. The minimum atomic E-state index is -0.769. The third-order valence-electron chi connectivity index (χ3n) is 9.74. The van der Waals surface area contributed by atoms with Gasteiger partial charge in [-0.2, -0.15) is 0 Å². The fourth-order valence-corrected chi connectivity index (χ4v) is 7.69. The summed E-state index contributed by atoms with van der Waals surface area (Å²) in [5, 5.41) is 0. The number of aromatic nitrogens is 1. The van der Waals surface area contributed by atoms with Crippen LogP contribution in [0.1, 0.15) is 73.8 Å². The molecule has 4 atom stereocenters. The molecule has 3 saturated heterocycles. The smallest absolute Gasteiger partial charge is 0.215 e. The van der Waals surface area contributed by atoms with E-state index in [1.165, 1.54) is 11.1 Å². The summed E-state index contributed by atoms with van der Waals surface area (Å²) in [7, 11) is 0. The summed E-state index contributed by atoms with van der Waals surface area (Å²) in [6.45, 7) is 7.01. The first-order valence-corrected chi connectivity index (χ1v) is 14.4. The van der Waals surface area contributed by atoms with Crippen molar-refractivity contribution < 1.29 is 18.6 Å². The minimum Gasteiger partial charge on any atom is -0.476 e. The van der Waals surface area contributed by atoms with E-state index in [0.29, 0.717) is 51.1 Å². The maximum absolute atomic E-state index is 14.4. The third-order valence-corrected chi connectivity index (χ3v) is 9.74. The molecule has 204 valence electrons. The molecular formula is C30H39FN4O3. The lowest BCUT2D eigenvalue weighted by Crippen LogP contribution is -2.44. The number of pyridine rings is 1. The van der Waals surface area contributed by atoms with Gasteiger partial charge in [0.25, 0.3) is 0 Å². The molecule has 2 N–H and O–H groups in total. The molecule has 4 aliphatic heterocycles. The molecule has 1 aromatic carbocycles. The lowest BCUT2D eigenvalue weighted by Gasteiger charge is -2.45. The molecule has 5 aliphatic rings. The van der Waals surface area contributed by atoms with Crippen LogP contribution in [0.15, 0.2) is 24.3 Å². The van der Waals surface area contributed by atoms with Gasteiger partial charge in [0, 0.05) is 43.2 Å². The molecule has 5 heterocycles. The molecule has 1 aromatic heterocycles. The Morgan fingerprint density at radius 1 is 1.21 bits per heavy atom. The molecule has 1 aliphatic carbocycles. The SMILES string of the molecule is CC1CCC2(Cc3nc(OCC45CCCN4CC(F)C5)cc(N4CCCOC4)c3CO2)c2cc(N)ccc21. The molecule has 7 rings (SSSR count). The van der Waals surface area contributed by atoms with E-state index in [0.717, 1.165) is 74.4 Å². The minimum absolute atomic E-state index is 0.203. The molecule has 2 aromatic rings. The molecule has 38 heavy (non-hydrogen) atoms. The summed E-state index contributed by atoms with van der Waals surface area (Å²) in [4.78, 5) is 9.68. The zero-order chi connectivity index (χ0) is 25.9. The van der Waals surface area contributed by atoms with Crippen LogP contribution in [0.3, 0.4) is 0 Å². The Morgan fingerprint density at radius 3 is 3.00 bits per heavy atom. The summed E-state index contributed by atoms with van der Waals surface area (Å²) < 4.78 is 33.5. The molecule has 7 nitrogen and oxygen atoms in total. The van der Waals surface area contributed by atoms with Crippen molar-refractivity contribution in [2.75, 3.05) is 50.2 Å². The Bertz CT molecular complexity index is 1220. The standard InChI is InChI=1S/C30H39FN4O3/c1-20-6-8-30(25-12-22(32)4-5-23(20)25)15-26-24(17-38-30)27(34-9-3-11-36-19-34)13-28(33-26)37-18-29-7-2-10-35(29)16-21(31)14-29/h4-5,12-13,20-21H,2-3,6-11,14-19,32H2,1H3. The first kappa shape index (κ1) is 24.6. The van der Waals surface area contributed by atoms with Gasteiger partial charge in [-0.05, 0) is 67.8 Å². The van der Waals surface area contributed by atoms with Crippen LogP contribution in [0.2, 0.25) is 0 Å². The second-order valence-corrected chi connectivity index (χ2v) is 12.2. The van der Waals surface area contributed by atoms with Crippen LogP contribution in [0, 0.1) is 0 Å². The molecule has 0 radical (unpaired) electrons. The highest BCUT2D eigenvalue weighted by Gasteiger charge is 2.49. The van der Waals surface area contributed by atoms with Crippen LogP contribution in [-0.4, -0.2) is 61.2 Å². The Hall–Kier alpha value is -2.42. The Kier molecular flexibility index (Phi) is 6.05. The van der Waals surface area contributed by atoms with Crippen LogP contribution in [0.25, 0.3) is 0 Å². The molecular weight excluding hydrogens is 483 g/mol. The van der Waals surface area contributed by atoms with Crippen LogP contribution in [0.4, 0.5) is 15.8 Å². The van der Waals surface area contributed by atoms with E-state index in [9.17, 15) is 4.39 Å². The number of anilines is 2. The number of rotatable bonds is 4. The highest BCUT2D eigenvalue weighted by molar-refractivity contribution is 5.59. The van der Waals surface area contributed by atoms with Crippen LogP contribution in [-0.2, 0) is 28.1 Å². The van der Waals surface area contributed by atoms with E-state index in [2.05, 4.69) is 34.9 Å². The van der Waals surface area contributed by atoms with Gasteiger partial charge in [0.15, 0.2) is 0 Å². The summed E-state index contributed by atoms with van der Waals surface area (Å²) in [6.07, 6.45) is 5.55. The van der Waals surface area contributed by atoms with Gasteiger partial charge in [0.2, 0.25) is 5.88 Å². The first-order valence-electron chi connectivity index (χ1n) is 14.4. The lowest BCUT2D eigenvalue weighted by atomic mass is 9.71. The van der Waals surface area contributed by atoms with Crippen molar-refractivity contribution in [3.8, 4) is 5.88 Å². The van der Waals surface area contributed by atoms with E-state index in [4.69, 9.17) is 24.9 Å². The van der Waals surface area contributed by atoms with Crippen LogP contribution in [0.5, 0.6) is 5.88 Å². The number of ether oxygens (including phenoxy) is 3. The van der Waals surface area contributed by atoms with Gasteiger partial charge >= 0.3 is 0 Å². The molecule has 0 bridgehead atoms. The van der Waals surface area contributed by atoms with Crippen molar-refractivity contribution in [1.29, 1.82) is 0 Å².